The van der Waals surface area contributed by atoms with E-state index in [1.165, 1.54) is 48.8 Å². The van der Waals surface area contributed by atoms with Crippen molar-refractivity contribution >= 4 is 34.7 Å². The van der Waals surface area contributed by atoms with Gasteiger partial charge in [-0.05, 0) is 30.3 Å². The van der Waals surface area contributed by atoms with Crippen molar-refractivity contribution in [1.29, 1.82) is 0 Å². The zero-order chi connectivity index (χ0) is 17.8. The molecule has 0 radical (unpaired) electrons. The number of carbonyl (C=O) groups excluding carboxylic acids is 1. The molecule has 2 aromatic carbocycles. The first-order valence-corrected chi connectivity index (χ1v) is 7.51. The van der Waals surface area contributed by atoms with E-state index >= 15 is 0 Å². The van der Waals surface area contributed by atoms with Gasteiger partial charge in [-0.25, -0.2) is 18.7 Å². The summed E-state index contributed by atoms with van der Waals surface area (Å²) < 4.78 is 26.8. The SMILES string of the molecule is O=C(Nc1ccccc1F)c1cc(Nc2ccc(F)c(Cl)c2)ncn1. The largest absolute Gasteiger partial charge is 0.340 e. The molecule has 0 aliphatic rings. The molecular formula is C17H11ClF2N4O. The Morgan fingerprint density at radius 1 is 1.00 bits per heavy atom. The van der Waals surface area contributed by atoms with Crippen LogP contribution in [0.3, 0.4) is 0 Å². The maximum absolute atomic E-state index is 13.6. The van der Waals surface area contributed by atoms with Crippen LogP contribution in [0.1, 0.15) is 10.5 Å². The Hall–Kier alpha value is -3.06. The molecule has 126 valence electrons. The van der Waals surface area contributed by atoms with Gasteiger partial charge in [-0.15, -0.1) is 0 Å². The summed E-state index contributed by atoms with van der Waals surface area (Å²) in [5.74, 6) is -1.38. The highest BCUT2D eigenvalue weighted by atomic mass is 35.5. The summed E-state index contributed by atoms with van der Waals surface area (Å²) in [4.78, 5) is 20.1. The van der Waals surface area contributed by atoms with E-state index in [-0.39, 0.29) is 16.4 Å². The molecule has 5 nitrogen and oxygen atoms in total. The van der Waals surface area contributed by atoms with Crippen molar-refractivity contribution in [3.63, 3.8) is 0 Å². The topological polar surface area (TPSA) is 66.9 Å². The molecule has 0 aliphatic heterocycles. The van der Waals surface area contributed by atoms with E-state index in [1.54, 1.807) is 6.07 Å². The summed E-state index contributed by atoms with van der Waals surface area (Å²) in [6.45, 7) is 0. The van der Waals surface area contributed by atoms with Crippen LogP contribution in [0.4, 0.5) is 26.0 Å². The number of hydrogen-bond acceptors (Lipinski definition) is 4. The minimum atomic E-state index is -0.590. The Morgan fingerprint density at radius 2 is 1.80 bits per heavy atom. The van der Waals surface area contributed by atoms with E-state index in [1.807, 2.05) is 0 Å². The second-order valence-electron chi connectivity index (χ2n) is 4.98. The van der Waals surface area contributed by atoms with Crippen LogP contribution in [-0.2, 0) is 0 Å². The lowest BCUT2D eigenvalue weighted by Crippen LogP contribution is -2.15. The Bertz CT molecular complexity index is 936. The number of hydrogen-bond donors (Lipinski definition) is 2. The average molecular weight is 361 g/mol. The summed E-state index contributed by atoms with van der Waals surface area (Å²) in [7, 11) is 0. The number of anilines is 3. The summed E-state index contributed by atoms with van der Waals surface area (Å²) in [6, 6.07) is 11.2. The van der Waals surface area contributed by atoms with Crippen LogP contribution < -0.4 is 10.6 Å². The van der Waals surface area contributed by atoms with E-state index in [4.69, 9.17) is 11.6 Å². The average Bonchev–Trinajstić information content (AvgIpc) is 2.60. The summed E-state index contributed by atoms with van der Waals surface area (Å²) >= 11 is 5.72. The number of aromatic nitrogens is 2. The molecule has 25 heavy (non-hydrogen) atoms. The van der Waals surface area contributed by atoms with Crippen LogP contribution in [0.25, 0.3) is 0 Å². The lowest BCUT2D eigenvalue weighted by Gasteiger charge is -2.08. The number of nitrogens with one attached hydrogen (secondary N) is 2. The van der Waals surface area contributed by atoms with Crippen molar-refractivity contribution in [2.75, 3.05) is 10.6 Å². The normalized spacial score (nSPS) is 10.4. The van der Waals surface area contributed by atoms with Crippen LogP contribution in [0, 0.1) is 11.6 Å². The lowest BCUT2D eigenvalue weighted by atomic mass is 10.2. The molecule has 0 atom stereocenters. The highest BCUT2D eigenvalue weighted by Gasteiger charge is 2.12. The van der Waals surface area contributed by atoms with E-state index in [9.17, 15) is 13.6 Å². The Balaban J connectivity index is 1.77. The Kier molecular flexibility index (Phi) is 4.85. The fraction of sp³-hybridized carbons (Fsp3) is 0. The highest BCUT2D eigenvalue weighted by molar-refractivity contribution is 6.31. The van der Waals surface area contributed by atoms with Crippen molar-refractivity contribution in [1.82, 2.24) is 9.97 Å². The van der Waals surface area contributed by atoms with Crippen LogP contribution in [-0.4, -0.2) is 15.9 Å². The molecule has 1 heterocycles. The van der Waals surface area contributed by atoms with E-state index in [0.29, 0.717) is 11.5 Å². The first-order valence-electron chi connectivity index (χ1n) is 7.13. The molecule has 3 aromatic rings. The highest BCUT2D eigenvalue weighted by Crippen LogP contribution is 2.22. The molecule has 3 rings (SSSR count). The molecule has 0 bridgehead atoms. The summed E-state index contributed by atoms with van der Waals surface area (Å²) in [5.41, 5.74) is 0.575. The molecule has 0 spiro atoms. The van der Waals surface area contributed by atoms with Gasteiger partial charge >= 0.3 is 0 Å². The molecule has 1 aromatic heterocycles. The Labute approximate surface area is 146 Å². The van der Waals surface area contributed by atoms with Crippen molar-refractivity contribution < 1.29 is 13.6 Å². The van der Waals surface area contributed by atoms with Crippen molar-refractivity contribution in [2.24, 2.45) is 0 Å². The van der Waals surface area contributed by atoms with Gasteiger partial charge in [-0.3, -0.25) is 4.79 Å². The zero-order valence-corrected chi connectivity index (χ0v) is 13.4. The third kappa shape index (κ3) is 4.07. The molecule has 0 aliphatic carbocycles. The third-order valence-corrected chi connectivity index (χ3v) is 3.50. The fourth-order valence-electron chi connectivity index (χ4n) is 2.02. The van der Waals surface area contributed by atoms with Crippen LogP contribution in [0.15, 0.2) is 54.9 Å². The van der Waals surface area contributed by atoms with Crippen molar-refractivity contribution in [3.8, 4) is 0 Å². The fourth-order valence-corrected chi connectivity index (χ4v) is 2.20. The van der Waals surface area contributed by atoms with Crippen LogP contribution in [0.5, 0.6) is 0 Å². The van der Waals surface area contributed by atoms with Gasteiger partial charge in [0.1, 0.15) is 29.5 Å². The molecule has 0 saturated carbocycles. The lowest BCUT2D eigenvalue weighted by molar-refractivity contribution is 0.102. The second-order valence-corrected chi connectivity index (χ2v) is 5.38. The van der Waals surface area contributed by atoms with E-state index in [0.717, 1.165) is 0 Å². The number of halogens is 3. The molecule has 0 unspecified atom stereocenters. The first-order chi connectivity index (χ1) is 12.0. The van der Waals surface area contributed by atoms with Gasteiger partial charge in [0.25, 0.3) is 5.91 Å². The van der Waals surface area contributed by atoms with Gasteiger partial charge in [-0.2, -0.15) is 0 Å². The summed E-state index contributed by atoms with van der Waals surface area (Å²) in [5, 5.41) is 5.27. The third-order valence-electron chi connectivity index (χ3n) is 3.21. The van der Waals surface area contributed by atoms with Gasteiger partial charge in [-0.1, -0.05) is 23.7 Å². The molecule has 1 amide bonds. The molecule has 0 saturated heterocycles. The second kappa shape index (κ2) is 7.23. The quantitative estimate of drug-likeness (QED) is 0.723. The molecule has 0 fully saturated rings. The zero-order valence-electron chi connectivity index (χ0n) is 12.6. The molecule has 8 heteroatoms. The number of carbonyl (C=O) groups is 1. The van der Waals surface area contributed by atoms with Gasteiger partial charge in [0, 0.05) is 11.8 Å². The maximum Gasteiger partial charge on any atom is 0.274 e. The number of nitrogens with zero attached hydrogens (tertiary/aromatic N) is 2. The monoisotopic (exact) mass is 360 g/mol. The summed E-state index contributed by atoms with van der Waals surface area (Å²) in [6.07, 6.45) is 1.18. The molecular weight excluding hydrogens is 350 g/mol. The number of para-hydroxylation sites is 1. The number of benzene rings is 2. The first kappa shape index (κ1) is 16.8. The van der Waals surface area contributed by atoms with Crippen molar-refractivity contribution in [3.05, 3.63) is 77.2 Å². The van der Waals surface area contributed by atoms with Gasteiger partial charge in [0.15, 0.2) is 0 Å². The van der Waals surface area contributed by atoms with Gasteiger partial charge in [0.05, 0.1) is 10.7 Å². The van der Waals surface area contributed by atoms with Gasteiger partial charge < -0.3 is 10.6 Å². The minimum Gasteiger partial charge on any atom is -0.340 e. The molecule has 2 N–H and O–H groups in total. The van der Waals surface area contributed by atoms with Crippen molar-refractivity contribution in [2.45, 2.75) is 0 Å². The van der Waals surface area contributed by atoms with E-state index in [2.05, 4.69) is 20.6 Å². The van der Waals surface area contributed by atoms with E-state index < -0.39 is 17.5 Å². The predicted octanol–water partition coefficient (Wildman–Crippen LogP) is 4.40. The maximum atomic E-state index is 13.6. The van der Waals surface area contributed by atoms with Gasteiger partial charge in [0.2, 0.25) is 0 Å². The van der Waals surface area contributed by atoms with Crippen LogP contribution >= 0.6 is 11.6 Å². The number of amides is 1. The number of rotatable bonds is 4. The Morgan fingerprint density at radius 3 is 2.56 bits per heavy atom. The predicted molar refractivity (Wildman–Crippen MR) is 91.1 cm³/mol. The minimum absolute atomic E-state index is 0.0361. The smallest absolute Gasteiger partial charge is 0.274 e. The standard InChI is InChI=1S/C17H11ClF2N4O/c18-11-7-10(5-6-12(11)19)23-16-8-15(21-9-22-16)17(25)24-14-4-2-1-3-13(14)20/h1-9H,(H,24,25)(H,21,22,23). The van der Waals surface area contributed by atoms with Crippen LogP contribution in [0.2, 0.25) is 5.02 Å².